The van der Waals surface area contributed by atoms with Gasteiger partial charge in [0.25, 0.3) is 5.91 Å². The molecule has 3 amide bonds. The summed E-state index contributed by atoms with van der Waals surface area (Å²) < 4.78 is 6.02. The first-order valence-electron chi connectivity index (χ1n) is 13.5. The number of likely N-dealkylation sites (N-methyl/N-ethyl adjacent to an activating group) is 1. The van der Waals surface area contributed by atoms with Gasteiger partial charge in [-0.05, 0) is 49.9 Å². The van der Waals surface area contributed by atoms with Crippen LogP contribution in [0.4, 0.5) is 0 Å². The van der Waals surface area contributed by atoms with Crippen LogP contribution in [-0.2, 0) is 9.59 Å². The molecule has 10 heteroatoms. The van der Waals surface area contributed by atoms with Gasteiger partial charge < -0.3 is 25.2 Å². The molecule has 0 unspecified atom stereocenters. The third-order valence-corrected chi connectivity index (χ3v) is 7.08. The SMILES string of the molecule is CCN1CCN(CC(=O)N2CCCCNC(=O)c3cc(Cl)ccc3OC[C@@H](CC(C)C)NC(=O)C2)CC1. The monoisotopic (exact) mass is 535 g/mol. The molecule has 1 aromatic rings. The number of carbonyl (C=O) groups is 3. The van der Waals surface area contributed by atoms with Gasteiger partial charge in [-0.1, -0.05) is 32.4 Å². The second-order valence-corrected chi connectivity index (χ2v) is 10.8. The Morgan fingerprint density at radius 2 is 1.84 bits per heavy atom. The molecule has 1 aromatic carbocycles. The predicted octanol–water partition coefficient (Wildman–Crippen LogP) is 2.24. The number of rotatable bonds is 5. The van der Waals surface area contributed by atoms with Crippen LogP contribution in [0, 0.1) is 5.92 Å². The number of halogens is 1. The van der Waals surface area contributed by atoms with Crippen LogP contribution in [0.5, 0.6) is 5.75 Å². The van der Waals surface area contributed by atoms with Gasteiger partial charge in [0, 0.05) is 44.3 Å². The van der Waals surface area contributed by atoms with Gasteiger partial charge in [0.2, 0.25) is 11.8 Å². The van der Waals surface area contributed by atoms with Crippen LogP contribution in [0.15, 0.2) is 18.2 Å². The van der Waals surface area contributed by atoms with Crippen LogP contribution in [0.25, 0.3) is 0 Å². The molecule has 2 aliphatic rings. The van der Waals surface area contributed by atoms with Crippen molar-refractivity contribution in [3.63, 3.8) is 0 Å². The van der Waals surface area contributed by atoms with Gasteiger partial charge in [0.15, 0.2) is 0 Å². The van der Waals surface area contributed by atoms with Gasteiger partial charge in [-0.15, -0.1) is 0 Å². The zero-order chi connectivity index (χ0) is 26.8. The molecule has 0 aliphatic carbocycles. The van der Waals surface area contributed by atoms with Crippen LogP contribution < -0.4 is 15.4 Å². The topological polar surface area (TPSA) is 94.2 Å². The van der Waals surface area contributed by atoms with E-state index in [1.807, 2.05) is 0 Å². The first kappa shape index (κ1) is 29.2. The smallest absolute Gasteiger partial charge is 0.255 e. The van der Waals surface area contributed by atoms with Crippen molar-refractivity contribution in [1.82, 2.24) is 25.3 Å². The quantitative estimate of drug-likeness (QED) is 0.600. The lowest BCUT2D eigenvalue weighted by molar-refractivity contribution is -0.137. The average Bonchev–Trinajstić information content (AvgIpc) is 2.86. The van der Waals surface area contributed by atoms with Gasteiger partial charge in [-0.25, -0.2) is 0 Å². The predicted molar refractivity (Wildman–Crippen MR) is 145 cm³/mol. The van der Waals surface area contributed by atoms with Crippen molar-refractivity contribution < 1.29 is 19.1 Å². The molecule has 0 saturated carbocycles. The summed E-state index contributed by atoms with van der Waals surface area (Å²) in [5.41, 5.74) is 0.372. The van der Waals surface area contributed by atoms with Crippen molar-refractivity contribution >= 4 is 29.3 Å². The van der Waals surface area contributed by atoms with E-state index in [-0.39, 0.29) is 36.9 Å². The summed E-state index contributed by atoms with van der Waals surface area (Å²) in [5.74, 6) is 0.269. The van der Waals surface area contributed by atoms with E-state index >= 15 is 0 Å². The normalized spacial score (nSPS) is 21.3. The van der Waals surface area contributed by atoms with Crippen LogP contribution in [0.1, 0.15) is 50.4 Å². The van der Waals surface area contributed by atoms with E-state index in [9.17, 15) is 14.4 Å². The second-order valence-electron chi connectivity index (χ2n) is 10.3. The van der Waals surface area contributed by atoms with Crippen molar-refractivity contribution in [3.05, 3.63) is 28.8 Å². The minimum atomic E-state index is -0.261. The Bertz CT molecular complexity index is 920. The fourth-order valence-electron chi connectivity index (χ4n) is 4.75. The Labute approximate surface area is 225 Å². The summed E-state index contributed by atoms with van der Waals surface area (Å²) in [5, 5.41) is 6.45. The number of ether oxygens (including phenoxy) is 1. The molecule has 3 rings (SSSR count). The Kier molecular flexibility index (Phi) is 11.5. The van der Waals surface area contributed by atoms with E-state index in [2.05, 4.69) is 41.2 Å². The van der Waals surface area contributed by atoms with Crippen molar-refractivity contribution in [2.75, 3.05) is 65.5 Å². The molecule has 1 saturated heterocycles. The zero-order valence-electron chi connectivity index (χ0n) is 22.4. The maximum absolute atomic E-state index is 13.2. The summed E-state index contributed by atoms with van der Waals surface area (Å²) >= 11 is 6.15. The van der Waals surface area contributed by atoms with Crippen molar-refractivity contribution in [2.24, 2.45) is 5.92 Å². The number of hydrogen-bond donors (Lipinski definition) is 2. The van der Waals surface area contributed by atoms with Crippen molar-refractivity contribution in [3.8, 4) is 5.75 Å². The van der Waals surface area contributed by atoms with Gasteiger partial charge >= 0.3 is 0 Å². The molecule has 2 aliphatic heterocycles. The molecule has 1 fully saturated rings. The fraction of sp³-hybridized carbons (Fsp3) is 0.667. The molecule has 2 heterocycles. The molecule has 0 aromatic heterocycles. The lowest BCUT2D eigenvalue weighted by Gasteiger charge is -2.34. The van der Waals surface area contributed by atoms with E-state index in [0.717, 1.165) is 32.7 Å². The third kappa shape index (κ3) is 9.47. The summed E-state index contributed by atoms with van der Waals surface area (Å²) in [6.07, 6.45) is 2.06. The van der Waals surface area contributed by atoms with Crippen LogP contribution in [-0.4, -0.2) is 104 Å². The Hall–Kier alpha value is -2.36. The number of benzene rings is 1. The van der Waals surface area contributed by atoms with Crippen LogP contribution in [0.3, 0.4) is 0 Å². The minimum absolute atomic E-state index is 0.0148. The van der Waals surface area contributed by atoms with E-state index in [0.29, 0.717) is 61.2 Å². The number of fused-ring (bicyclic) bond motifs is 1. The van der Waals surface area contributed by atoms with Crippen molar-refractivity contribution in [1.29, 1.82) is 0 Å². The van der Waals surface area contributed by atoms with E-state index in [1.54, 1.807) is 23.1 Å². The second kappa shape index (κ2) is 14.5. The number of nitrogens with zero attached hydrogens (tertiary/aromatic N) is 3. The van der Waals surface area contributed by atoms with Crippen LogP contribution in [0.2, 0.25) is 5.02 Å². The van der Waals surface area contributed by atoms with E-state index < -0.39 is 0 Å². The number of piperazine rings is 1. The maximum atomic E-state index is 13.2. The van der Waals surface area contributed by atoms with E-state index in [1.165, 1.54) is 0 Å². The fourth-order valence-corrected chi connectivity index (χ4v) is 4.92. The maximum Gasteiger partial charge on any atom is 0.255 e. The standard InChI is InChI=1S/C27H42ClN5O4/c1-4-31-11-13-32(14-12-31)18-26(35)33-10-6-5-9-29-27(36)23-16-21(28)7-8-24(23)37-19-22(15-20(2)3)30-25(34)17-33/h7-8,16,20,22H,4-6,9-15,17-19H2,1-3H3,(H,29,36)(H,30,34)/t22-/m1/s1. The number of nitrogens with one attached hydrogen (secondary N) is 2. The highest BCUT2D eigenvalue weighted by Crippen LogP contribution is 2.24. The Morgan fingerprint density at radius 1 is 1.11 bits per heavy atom. The van der Waals surface area contributed by atoms with Gasteiger partial charge in [-0.3, -0.25) is 19.3 Å². The lowest BCUT2D eigenvalue weighted by atomic mass is 10.0. The minimum Gasteiger partial charge on any atom is -0.491 e. The Balaban J connectivity index is 1.71. The molecule has 2 N–H and O–H groups in total. The van der Waals surface area contributed by atoms with Gasteiger partial charge in [0.1, 0.15) is 12.4 Å². The molecular weight excluding hydrogens is 494 g/mol. The highest BCUT2D eigenvalue weighted by Gasteiger charge is 2.25. The van der Waals surface area contributed by atoms with Crippen molar-refractivity contribution in [2.45, 2.75) is 46.1 Å². The summed E-state index contributed by atoms with van der Waals surface area (Å²) in [7, 11) is 0. The zero-order valence-corrected chi connectivity index (χ0v) is 23.2. The third-order valence-electron chi connectivity index (χ3n) is 6.85. The number of carbonyl (C=O) groups excluding carboxylic acids is 3. The first-order valence-corrected chi connectivity index (χ1v) is 13.8. The highest BCUT2D eigenvalue weighted by atomic mass is 35.5. The molecular formula is C27H42ClN5O4. The van der Waals surface area contributed by atoms with Gasteiger partial charge in [0.05, 0.1) is 24.7 Å². The largest absolute Gasteiger partial charge is 0.491 e. The first-order chi connectivity index (χ1) is 17.7. The molecule has 206 valence electrons. The molecule has 37 heavy (non-hydrogen) atoms. The Morgan fingerprint density at radius 3 is 2.54 bits per heavy atom. The molecule has 0 radical (unpaired) electrons. The number of amides is 3. The van der Waals surface area contributed by atoms with Gasteiger partial charge in [-0.2, -0.15) is 0 Å². The average molecular weight is 536 g/mol. The van der Waals surface area contributed by atoms with E-state index in [4.69, 9.17) is 16.3 Å². The highest BCUT2D eigenvalue weighted by molar-refractivity contribution is 6.31. The van der Waals surface area contributed by atoms with Crippen LogP contribution >= 0.6 is 11.6 Å². The molecule has 0 bridgehead atoms. The molecule has 1 atom stereocenters. The summed E-state index contributed by atoms with van der Waals surface area (Å²) in [6, 6.07) is 4.71. The summed E-state index contributed by atoms with van der Waals surface area (Å²) in [4.78, 5) is 45.4. The number of hydrogen-bond acceptors (Lipinski definition) is 6. The molecule has 9 nitrogen and oxygen atoms in total. The lowest BCUT2D eigenvalue weighted by Crippen LogP contribution is -2.52. The summed E-state index contributed by atoms with van der Waals surface area (Å²) in [6.45, 7) is 12.4. The molecule has 0 spiro atoms.